The van der Waals surface area contributed by atoms with E-state index in [-0.39, 0.29) is 4.75 Å². The molecule has 0 bridgehead atoms. The minimum absolute atomic E-state index is 0.250. The van der Waals surface area contributed by atoms with Crippen LogP contribution in [0.1, 0.15) is 44.8 Å². The molecule has 0 fully saturated rings. The fourth-order valence-electron chi connectivity index (χ4n) is 1.63. The summed E-state index contributed by atoms with van der Waals surface area (Å²) in [6.07, 6.45) is 0.967. The van der Waals surface area contributed by atoms with Gasteiger partial charge in [-0.25, -0.2) is 9.97 Å². The van der Waals surface area contributed by atoms with E-state index >= 15 is 0 Å². The van der Waals surface area contributed by atoms with E-state index in [1.807, 2.05) is 18.8 Å². The van der Waals surface area contributed by atoms with Crippen molar-refractivity contribution in [1.29, 1.82) is 0 Å². The quantitative estimate of drug-likeness (QED) is 0.892. The van der Waals surface area contributed by atoms with Gasteiger partial charge in [-0.3, -0.25) is 0 Å². The molecule has 0 unspecified atom stereocenters. The van der Waals surface area contributed by atoms with Gasteiger partial charge >= 0.3 is 0 Å². The number of aryl methyl sites for hydroxylation is 1. The van der Waals surface area contributed by atoms with Gasteiger partial charge in [0.05, 0.1) is 5.75 Å². The van der Waals surface area contributed by atoms with Crippen LogP contribution in [0.25, 0.3) is 0 Å². The molecule has 4 heteroatoms. The molecule has 96 valence electrons. The SMILES string of the molecule is CCc1c(C)nc(CSC(C)(C)C)nc1NC. The second-order valence-corrected chi connectivity index (χ2v) is 6.86. The van der Waals surface area contributed by atoms with E-state index in [4.69, 9.17) is 0 Å². The van der Waals surface area contributed by atoms with Gasteiger partial charge < -0.3 is 5.32 Å². The topological polar surface area (TPSA) is 37.8 Å². The highest BCUT2D eigenvalue weighted by Crippen LogP contribution is 2.27. The number of hydrogen-bond donors (Lipinski definition) is 1. The van der Waals surface area contributed by atoms with Gasteiger partial charge in [0.25, 0.3) is 0 Å². The molecule has 0 saturated carbocycles. The van der Waals surface area contributed by atoms with Crippen LogP contribution in [0.4, 0.5) is 5.82 Å². The summed E-state index contributed by atoms with van der Waals surface area (Å²) >= 11 is 1.88. The summed E-state index contributed by atoms with van der Waals surface area (Å²) in [7, 11) is 1.92. The molecule has 0 spiro atoms. The lowest BCUT2D eigenvalue weighted by Gasteiger charge is -2.18. The molecular weight excluding hydrogens is 230 g/mol. The van der Waals surface area contributed by atoms with E-state index in [9.17, 15) is 0 Å². The largest absolute Gasteiger partial charge is 0.373 e. The molecule has 17 heavy (non-hydrogen) atoms. The van der Waals surface area contributed by atoms with Crippen molar-refractivity contribution in [2.45, 2.75) is 51.5 Å². The first-order valence-electron chi connectivity index (χ1n) is 6.05. The molecule has 1 N–H and O–H groups in total. The van der Waals surface area contributed by atoms with Gasteiger partial charge in [-0.05, 0) is 13.3 Å². The lowest BCUT2D eigenvalue weighted by atomic mass is 10.1. The maximum atomic E-state index is 4.58. The van der Waals surface area contributed by atoms with Crippen molar-refractivity contribution in [3.8, 4) is 0 Å². The molecule has 0 aliphatic heterocycles. The lowest BCUT2D eigenvalue weighted by molar-refractivity contribution is 0.799. The lowest BCUT2D eigenvalue weighted by Crippen LogP contribution is -2.11. The Kier molecular flexibility index (Phi) is 4.80. The highest BCUT2D eigenvalue weighted by Gasteiger charge is 2.14. The number of aromatic nitrogens is 2. The normalized spacial score (nSPS) is 11.6. The van der Waals surface area contributed by atoms with Crippen LogP contribution in [-0.2, 0) is 12.2 Å². The monoisotopic (exact) mass is 253 g/mol. The minimum atomic E-state index is 0.250. The molecule has 1 aromatic rings. The average molecular weight is 253 g/mol. The number of rotatable bonds is 4. The molecule has 0 aromatic carbocycles. The zero-order valence-corrected chi connectivity index (χ0v) is 12.5. The van der Waals surface area contributed by atoms with Crippen LogP contribution in [0.3, 0.4) is 0 Å². The van der Waals surface area contributed by atoms with Crippen molar-refractivity contribution in [1.82, 2.24) is 9.97 Å². The number of nitrogens with one attached hydrogen (secondary N) is 1. The minimum Gasteiger partial charge on any atom is -0.373 e. The molecule has 1 heterocycles. The van der Waals surface area contributed by atoms with Gasteiger partial charge in [0.2, 0.25) is 0 Å². The Hall–Kier alpha value is -0.770. The van der Waals surface area contributed by atoms with Crippen molar-refractivity contribution in [2.24, 2.45) is 0 Å². The van der Waals surface area contributed by atoms with Crippen LogP contribution in [0, 0.1) is 6.92 Å². The molecule has 0 aliphatic rings. The predicted molar refractivity (Wildman–Crippen MR) is 76.7 cm³/mol. The highest BCUT2D eigenvalue weighted by molar-refractivity contribution is 7.99. The summed E-state index contributed by atoms with van der Waals surface area (Å²) in [5.74, 6) is 2.76. The fourth-order valence-corrected chi connectivity index (χ4v) is 2.32. The third kappa shape index (κ3) is 4.19. The summed E-state index contributed by atoms with van der Waals surface area (Å²) in [5, 5.41) is 3.16. The summed E-state index contributed by atoms with van der Waals surface area (Å²) in [6.45, 7) is 10.8. The summed E-state index contributed by atoms with van der Waals surface area (Å²) in [6, 6.07) is 0. The third-order valence-electron chi connectivity index (χ3n) is 2.48. The zero-order chi connectivity index (χ0) is 13.1. The Bertz CT molecular complexity index is 383. The summed E-state index contributed by atoms with van der Waals surface area (Å²) in [5.41, 5.74) is 2.31. The van der Waals surface area contributed by atoms with Gasteiger partial charge in [-0.1, -0.05) is 27.7 Å². The third-order valence-corrected chi connectivity index (χ3v) is 3.75. The first kappa shape index (κ1) is 14.3. The Labute approximate surface area is 109 Å². The number of thioether (sulfide) groups is 1. The Balaban J connectivity index is 2.92. The van der Waals surface area contributed by atoms with Crippen molar-refractivity contribution in [2.75, 3.05) is 12.4 Å². The van der Waals surface area contributed by atoms with Crippen LogP contribution >= 0.6 is 11.8 Å². The van der Waals surface area contributed by atoms with Crippen LogP contribution in [0.15, 0.2) is 0 Å². The molecule has 0 atom stereocenters. The second-order valence-electron chi connectivity index (χ2n) is 5.06. The van der Waals surface area contributed by atoms with Gasteiger partial charge in [0.1, 0.15) is 11.6 Å². The van der Waals surface area contributed by atoms with Crippen LogP contribution in [-0.4, -0.2) is 21.8 Å². The van der Waals surface area contributed by atoms with Crippen LogP contribution in [0.5, 0.6) is 0 Å². The first-order valence-corrected chi connectivity index (χ1v) is 7.04. The van der Waals surface area contributed by atoms with Crippen molar-refractivity contribution in [3.05, 3.63) is 17.1 Å². The molecule has 0 aliphatic carbocycles. The van der Waals surface area contributed by atoms with E-state index in [2.05, 4.69) is 49.9 Å². The summed E-state index contributed by atoms with van der Waals surface area (Å²) in [4.78, 5) is 9.17. The van der Waals surface area contributed by atoms with E-state index in [1.54, 1.807) is 0 Å². The van der Waals surface area contributed by atoms with E-state index in [0.717, 1.165) is 29.5 Å². The van der Waals surface area contributed by atoms with Gasteiger partial charge in [-0.15, -0.1) is 11.8 Å². The average Bonchev–Trinajstić information content (AvgIpc) is 2.24. The number of hydrogen-bond acceptors (Lipinski definition) is 4. The van der Waals surface area contributed by atoms with Crippen molar-refractivity contribution >= 4 is 17.6 Å². The Morgan fingerprint density at radius 1 is 1.24 bits per heavy atom. The number of anilines is 1. The van der Waals surface area contributed by atoms with Gasteiger partial charge in [0.15, 0.2) is 0 Å². The smallest absolute Gasteiger partial charge is 0.140 e. The van der Waals surface area contributed by atoms with Crippen molar-refractivity contribution in [3.63, 3.8) is 0 Å². The summed E-state index contributed by atoms with van der Waals surface area (Å²) < 4.78 is 0.250. The molecule has 1 aromatic heterocycles. The molecule has 0 radical (unpaired) electrons. The predicted octanol–water partition coefficient (Wildman–Crippen LogP) is 3.42. The molecular formula is C13H23N3S. The first-order chi connectivity index (χ1) is 7.87. The van der Waals surface area contributed by atoms with E-state index < -0.39 is 0 Å². The maximum Gasteiger partial charge on any atom is 0.140 e. The number of nitrogens with zero attached hydrogens (tertiary/aromatic N) is 2. The standard InChI is InChI=1S/C13H23N3S/c1-7-10-9(2)15-11(16-12(10)14-6)8-17-13(3,4)5/h7-8H2,1-6H3,(H,14,15,16). The fraction of sp³-hybridized carbons (Fsp3) is 0.692. The zero-order valence-electron chi connectivity index (χ0n) is 11.7. The van der Waals surface area contributed by atoms with Gasteiger partial charge in [-0.2, -0.15) is 0 Å². The van der Waals surface area contributed by atoms with E-state index in [0.29, 0.717) is 0 Å². The molecule has 0 saturated heterocycles. The Morgan fingerprint density at radius 2 is 1.88 bits per heavy atom. The van der Waals surface area contributed by atoms with E-state index in [1.165, 1.54) is 5.56 Å². The van der Waals surface area contributed by atoms with Gasteiger partial charge in [0, 0.05) is 23.1 Å². The van der Waals surface area contributed by atoms with Crippen LogP contribution < -0.4 is 5.32 Å². The van der Waals surface area contributed by atoms with Crippen molar-refractivity contribution < 1.29 is 0 Å². The molecule has 3 nitrogen and oxygen atoms in total. The van der Waals surface area contributed by atoms with Crippen LogP contribution in [0.2, 0.25) is 0 Å². The second kappa shape index (κ2) is 5.71. The molecule has 0 amide bonds. The maximum absolute atomic E-state index is 4.58. The Morgan fingerprint density at radius 3 is 2.35 bits per heavy atom. The molecule has 1 rings (SSSR count). The highest BCUT2D eigenvalue weighted by atomic mass is 32.2.